The number of anilines is 2. The molecule has 0 fully saturated rings. The molecule has 0 radical (unpaired) electrons. The Bertz CT molecular complexity index is 1230. The fourth-order valence-electron chi connectivity index (χ4n) is 3.39. The molecule has 11 heteroatoms. The third kappa shape index (κ3) is 5.99. The number of carbonyl (C=O) groups excluding carboxylic acids is 3. The molecule has 8 nitrogen and oxygen atoms in total. The van der Waals surface area contributed by atoms with Gasteiger partial charge in [0.15, 0.2) is 5.69 Å². The lowest BCUT2D eigenvalue weighted by atomic mass is 10.0. The van der Waals surface area contributed by atoms with Gasteiger partial charge >= 0.3 is 0 Å². The third-order valence-electron chi connectivity index (χ3n) is 5.17. The number of carbonyl (C=O) groups is 3. The highest BCUT2D eigenvalue weighted by atomic mass is 32.1. The molecule has 1 aromatic heterocycles. The van der Waals surface area contributed by atoms with Crippen molar-refractivity contribution in [2.75, 3.05) is 17.2 Å². The van der Waals surface area contributed by atoms with E-state index in [-0.39, 0.29) is 27.5 Å². The van der Waals surface area contributed by atoms with Crippen LogP contribution < -0.4 is 21.7 Å². The molecule has 0 bridgehead atoms. The Hall–Kier alpha value is -3.86. The summed E-state index contributed by atoms with van der Waals surface area (Å²) in [4.78, 5) is 39.7. The summed E-state index contributed by atoms with van der Waals surface area (Å²) in [7, 11) is 0. The number of nitrogens with two attached hydrogens (primary N) is 2. The van der Waals surface area contributed by atoms with Crippen molar-refractivity contribution in [2.24, 2.45) is 11.7 Å². The molecule has 2 aromatic carbocycles. The number of nitrogen functional groups attached to an aromatic ring is 1. The Morgan fingerprint density at radius 3 is 2.34 bits per heavy atom. The van der Waals surface area contributed by atoms with E-state index in [0.29, 0.717) is 30.4 Å². The van der Waals surface area contributed by atoms with E-state index in [9.17, 15) is 23.2 Å². The highest BCUT2D eigenvalue weighted by Crippen LogP contribution is 2.33. The molecule has 0 saturated carbocycles. The average Bonchev–Trinajstić information content (AvgIpc) is 3.19. The molecule has 0 unspecified atom stereocenters. The molecule has 35 heavy (non-hydrogen) atoms. The first-order chi connectivity index (χ1) is 16.6. The zero-order valence-corrected chi connectivity index (χ0v) is 19.9. The van der Waals surface area contributed by atoms with Crippen LogP contribution in [0.25, 0.3) is 0 Å². The van der Waals surface area contributed by atoms with Gasteiger partial charge in [0.25, 0.3) is 11.8 Å². The normalized spacial score (nSPS) is 11.8. The molecule has 5 N–H and O–H groups in total. The number of hydrogen-bond donors (Lipinski definition) is 3. The molecule has 0 saturated heterocycles. The number of halogens is 2. The smallest absolute Gasteiger partial charge is 0.273 e. The second-order valence-corrected chi connectivity index (χ2v) is 8.99. The number of nitrogens with one attached hydrogen (secondary N) is 1. The number of amides is 3. The van der Waals surface area contributed by atoms with E-state index in [1.807, 2.05) is 13.8 Å². The summed E-state index contributed by atoms with van der Waals surface area (Å²) < 4.78 is 31.7. The van der Waals surface area contributed by atoms with Crippen molar-refractivity contribution in [2.45, 2.75) is 26.3 Å². The van der Waals surface area contributed by atoms with Crippen molar-refractivity contribution in [3.05, 3.63) is 76.3 Å². The number of nitrogens with zero attached hydrogens (tertiary/aromatic N) is 2. The predicted octanol–water partition coefficient (Wildman–Crippen LogP) is 3.65. The second-order valence-electron chi connectivity index (χ2n) is 8.22. The van der Waals surface area contributed by atoms with Crippen LogP contribution in [0.15, 0.2) is 48.5 Å². The van der Waals surface area contributed by atoms with Gasteiger partial charge in [-0.2, -0.15) is 4.37 Å². The van der Waals surface area contributed by atoms with Crippen LogP contribution >= 0.6 is 11.5 Å². The molecule has 184 valence electrons. The SMILES string of the molecule is CC(C)CCNC(=O)[C@H](c1ccc(F)cc1)N(C(=O)c1snc(C(N)=O)c1N)c1cccc(F)c1. The van der Waals surface area contributed by atoms with Gasteiger partial charge < -0.3 is 16.8 Å². The third-order valence-corrected chi connectivity index (χ3v) is 6.02. The predicted molar refractivity (Wildman–Crippen MR) is 130 cm³/mol. The van der Waals surface area contributed by atoms with E-state index in [1.165, 1.54) is 30.3 Å². The monoisotopic (exact) mass is 501 g/mol. The summed E-state index contributed by atoms with van der Waals surface area (Å²) in [6, 6.07) is 8.85. The minimum atomic E-state index is -1.31. The van der Waals surface area contributed by atoms with E-state index >= 15 is 0 Å². The Morgan fingerprint density at radius 1 is 1.09 bits per heavy atom. The van der Waals surface area contributed by atoms with Crippen molar-refractivity contribution >= 4 is 40.6 Å². The van der Waals surface area contributed by atoms with Gasteiger partial charge in [0.2, 0.25) is 5.91 Å². The minimum Gasteiger partial charge on any atom is -0.395 e. The van der Waals surface area contributed by atoms with Gasteiger partial charge in [-0.25, -0.2) is 8.78 Å². The standard InChI is InChI=1S/C24H25F2N5O3S/c1-13(2)10-11-29-23(33)20(14-6-8-15(25)9-7-14)31(17-5-3-4-16(26)12-17)24(34)21-18(27)19(22(28)32)30-35-21/h3-9,12-13,20H,10-11,27H2,1-2H3,(H2,28,32)(H,29,33)/t20-/m0/s1. The van der Waals surface area contributed by atoms with E-state index < -0.39 is 35.4 Å². The fourth-order valence-corrected chi connectivity index (χ4v) is 4.13. The first-order valence-electron chi connectivity index (χ1n) is 10.8. The van der Waals surface area contributed by atoms with E-state index in [2.05, 4.69) is 9.69 Å². The average molecular weight is 502 g/mol. The van der Waals surface area contributed by atoms with Gasteiger partial charge in [-0.05, 0) is 59.8 Å². The molecule has 1 heterocycles. The maximum Gasteiger partial charge on any atom is 0.273 e. The molecule has 3 aromatic rings. The van der Waals surface area contributed by atoms with Crippen molar-refractivity contribution in [3.8, 4) is 0 Å². The summed E-state index contributed by atoms with van der Waals surface area (Å²) in [6.45, 7) is 4.32. The van der Waals surface area contributed by atoms with Crippen molar-refractivity contribution in [3.63, 3.8) is 0 Å². The zero-order valence-electron chi connectivity index (χ0n) is 19.1. The van der Waals surface area contributed by atoms with Crippen molar-refractivity contribution < 1.29 is 23.2 Å². The van der Waals surface area contributed by atoms with Crippen molar-refractivity contribution in [1.82, 2.24) is 9.69 Å². The Balaban J connectivity index is 2.16. The molecule has 0 aliphatic carbocycles. The van der Waals surface area contributed by atoms with E-state index in [4.69, 9.17) is 11.5 Å². The summed E-state index contributed by atoms with van der Waals surface area (Å²) in [6.07, 6.45) is 0.680. The lowest BCUT2D eigenvalue weighted by Crippen LogP contribution is -2.44. The maximum absolute atomic E-state index is 14.2. The Labute approximate surface area is 205 Å². The summed E-state index contributed by atoms with van der Waals surface area (Å²) in [5.41, 5.74) is 11.1. The van der Waals surface area contributed by atoms with Crippen LogP contribution in [-0.4, -0.2) is 28.6 Å². The quantitative estimate of drug-likeness (QED) is 0.412. The summed E-state index contributed by atoms with van der Waals surface area (Å²) in [5.74, 6) is -3.15. The van der Waals surface area contributed by atoms with Gasteiger partial charge in [0.1, 0.15) is 22.6 Å². The minimum absolute atomic E-state index is 0.0526. The highest BCUT2D eigenvalue weighted by molar-refractivity contribution is 7.09. The number of benzene rings is 2. The molecule has 3 rings (SSSR count). The molecule has 0 spiro atoms. The summed E-state index contributed by atoms with van der Waals surface area (Å²) in [5, 5.41) is 2.80. The topological polar surface area (TPSA) is 131 Å². The molecule has 0 aliphatic rings. The Kier molecular flexibility index (Phi) is 8.13. The summed E-state index contributed by atoms with van der Waals surface area (Å²) >= 11 is 0.636. The number of rotatable bonds is 9. The largest absolute Gasteiger partial charge is 0.395 e. The maximum atomic E-state index is 14.2. The van der Waals surface area contributed by atoms with Crippen LogP contribution in [0.1, 0.15) is 52.0 Å². The molecule has 0 aliphatic heterocycles. The van der Waals surface area contributed by atoms with Gasteiger partial charge in [0.05, 0.1) is 5.69 Å². The van der Waals surface area contributed by atoms with Crippen LogP contribution in [0, 0.1) is 17.6 Å². The van der Waals surface area contributed by atoms with E-state index in [0.717, 1.165) is 23.1 Å². The molecular formula is C24H25F2N5O3S. The van der Waals surface area contributed by atoms with Crippen molar-refractivity contribution in [1.29, 1.82) is 0 Å². The zero-order chi connectivity index (χ0) is 25.7. The molecule has 3 amide bonds. The van der Waals surface area contributed by atoms with Crippen LogP contribution in [0.4, 0.5) is 20.2 Å². The first kappa shape index (κ1) is 25.8. The number of hydrogen-bond acceptors (Lipinski definition) is 6. The first-order valence-corrected chi connectivity index (χ1v) is 11.5. The second kappa shape index (κ2) is 11.0. The van der Waals surface area contributed by atoms with Crippen LogP contribution in [0.3, 0.4) is 0 Å². The number of aromatic nitrogens is 1. The van der Waals surface area contributed by atoms with Gasteiger partial charge in [-0.1, -0.05) is 32.0 Å². The fraction of sp³-hybridized carbons (Fsp3) is 0.250. The molecule has 1 atom stereocenters. The lowest BCUT2D eigenvalue weighted by molar-refractivity contribution is -0.122. The Morgan fingerprint density at radius 2 is 1.77 bits per heavy atom. The lowest BCUT2D eigenvalue weighted by Gasteiger charge is -2.31. The van der Waals surface area contributed by atoms with E-state index in [1.54, 1.807) is 0 Å². The highest BCUT2D eigenvalue weighted by Gasteiger charge is 2.36. The molecular weight excluding hydrogens is 476 g/mol. The van der Waals surface area contributed by atoms with Crippen LogP contribution in [0.2, 0.25) is 0 Å². The van der Waals surface area contributed by atoms with Gasteiger partial charge in [-0.3, -0.25) is 19.3 Å². The van der Waals surface area contributed by atoms with Gasteiger partial charge in [0, 0.05) is 12.2 Å². The van der Waals surface area contributed by atoms with Crippen LogP contribution in [-0.2, 0) is 4.79 Å². The van der Waals surface area contributed by atoms with Crippen LogP contribution in [0.5, 0.6) is 0 Å². The van der Waals surface area contributed by atoms with Gasteiger partial charge in [-0.15, -0.1) is 0 Å². The number of primary amides is 1.